The first-order chi connectivity index (χ1) is 6.20. The summed E-state index contributed by atoms with van der Waals surface area (Å²) in [6.45, 7) is 4.47. The van der Waals surface area contributed by atoms with Gasteiger partial charge in [0.05, 0.1) is 0 Å². The van der Waals surface area contributed by atoms with Crippen molar-refractivity contribution in [3.8, 4) is 0 Å². The Balaban J connectivity index is 2.79. The lowest BCUT2D eigenvalue weighted by Gasteiger charge is -2.03. The van der Waals surface area contributed by atoms with Gasteiger partial charge in [0.25, 0.3) is 0 Å². The predicted molar refractivity (Wildman–Crippen MR) is 63.6 cm³/mol. The normalized spacial score (nSPS) is 11.4. The molecule has 2 aromatic rings. The maximum absolute atomic E-state index is 3.60. The number of hydrogen-bond donors (Lipinski definition) is 0. The third-order valence-electron chi connectivity index (χ3n) is 2.20. The van der Waals surface area contributed by atoms with Crippen molar-refractivity contribution in [2.24, 2.45) is 0 Å². The van der Waals surface area contributed by atoms with E-state index in [4.69, 9.17) is 0 Å². The first-order valence-corrected chi connectivity index (χ1v) is 6.03. The maximum atomic E-state index is 3.60. The minimum Gasteiger partial charge on any atom is -0.143 e. The van der Waals surface area contributed by atoms with E-state index in [0.29, 0.717) is 5.92 Å². The Kier molecular flexibility index (Phi) is 2.43. The van der Waals surface area contributed by atoms with Gasteiger partial charge < -0.3 is 0 Å². The van der Waals surface area contributed by atoms with Crippen LogP contribution in [-0.4, -0.2) is 0 Å². The van der Waals surface area contributed by atoms with Crippen molar-refractivity contribution < 1.29 is 0 Å². The van der Waals surface area contributed by atoms with E-state index in [1.807, 2.05) is 11.3 Å². The number of benzene rings is 1. The fourth-order valence-corrected chi connectivity index (χ4v) is 3.37. The lowest BCUT2D eigenvalue weighted by molar-refractivity contribution is 0.880. The van der Waals surface area contributed by atoms with Crippen LogP contribution in [0.2, 0.25) is 0 Å². The van der Waals surface area contributed by atoms with Gasteiger partial charge in [-0.1, -0.05) is 35.8 Å². The van der Waals surface area contributed by atoms with E-state index in [1.54, 1.807) is 0 Å². The van der Waals surface area contributed by atoms with Crippen LogP contribution >= 0.6 is 27.3 Å². The Morgan fingerprint density at radius 1 is 1.31 bits per heavy atom. The van der Waals surface area contributed by atoms with Gasteiger partial charge in [-0.3, -0.25) is 0 Å². The molecule has 0 radical (unpaired) electrons. The molecule has 0 aliphatic rings. The molecule has 2 heteroatoms. The zero-order chi connectivity index (χ0) is 9.42. The summed E-state index contributed by atoms with van der Waals surface area (Å²) in [5.41, 5.74) is 1.45. The molecule has 0 aliphatic heterocycles. The second-order valence-corrected chi connectivity index (χ2v) is 5.22. The highest BCUT2D eigenvalue weighted by molar-refractivity contribution is 9.10. The molecule has 13 heavy (non-hydrogen) atoms. The smallest absolute Gasteiger partial charge is 0.0357 e. The monoisotopic (exact) mass is 254 g/mol. The predicted octanol–water partition coefficient (Wildman–Crippen LogP) is 4.79. The molecular weight excluding hydrogens is 244 g/mol. The number of hydrogen-bond acceptors (Lipinski definition) is 1. The fraction of sp³-hybridized carbons (Fsp3) is 0.273. The Labute approximate surface area is 90.7 Å². The molecule has 1 aromatic heterocycles. The van der Waals surface area contributed by atoms with Crippen LogP contribution < -0.4 is 0 Å². The summed E-state index contributed by atoms with van der Waals surface area (Å²) in [5, 5.41) is 3.66. The third-order valence-corrected chi connectivity index (χ3v) is 3.83. The van der Waals surface area contributed by atoms with Gasteiger partial charge in [0, 0.05) is 14.6 Å². The first kappa shape index (κ1) is 9.22. The van der Waals surface area contributed by atoms with Gasteiger partial charge in [-0.2, -0.15) is 0 Å². The highest BCUT2D eigenvalue weighted by atomic mass is 79.9. The van der Waals surface area contributed by atoms with E-state index in [9.17, 15) is 0 Å². The van der Waals surface area contributed by atoms with Crippen LogP contribution in [0.3, 0.4) is 0 Å². The molecule has 0 unspecified atom stereocenters. The van der Waals surface area contributed by atoms with Crippen molar-refractivity contribution >= 4 is 37.4 Å². The highest BCUT2D eigenvalue weighted by Gasteiger charge is 2.09. The SMILES string of the molecule is CC(C)c1csc2cccc(Br)c12. The lowest BCUT2D eigenvalue weighted by atomic mass is 10.0. The van der Waals surface area contributed by atoms with Crippen molar-refractivity contribution in [1.29, 1.82) is 0 Å². The molecule has 0 aliphatic carbocycles. The Morgan fingerprint density at radius 2 is 2.08 bits per heavy atom. The number of fused-ring (bicyclic) bond motifs is 1. The summed E-state index contributed by atoms with van der Waals surface area (Å²) in [4.78, 5) is 0. The molecule has 0 N–H and O–H groups in total. The van der Waals surface area contributed by atoms with Crippen molar-refractivity contribution in [2.75, 3.05) is 0 Å². The summed E-state index contributed by atoms with van der Waals surface area (Å²) in [6, 6.07) is 6.38. The Morgan fingerprint density at radius 3 is 2.77 bits per heavy atom. The summed E-state index contributed by atoms with van der Waals surface area (Å²) in [6.07, 6.45) is 0. The van der Waals surface area contributed by atoms with Gasteiger partial charge >= 0.3 is 0 Å². The molecule has 68 valence electrons. The van der Waals surface area contributed by atoms with E-state index >= 15 is 0 Å². The van der Waals surface area contributed by atoms with E-state index < -0.39 is 0 Å². The molecule has 0 bridgehead atoms. The summed E-state index contributed by atoms with van der Waals surface area (Å²) >= 11 is 5.43. The molecule has 0 amide bonds. The largest absolute Gasteiger partial charge is 0.143 e. The van der Waals surface area contributed by atoms with E-state index in [1.165, 1.54) is 20.1 Å². The molecule has 0 spiro atoms. The molecule has 2 rings (SSSR count). The van der Waals surface area contributed by atoms with Crippen LogP contribution in [0.4, 0.5) is 0 Å². The summed E-state index contributed by atoms with van der Waals surface area (Å²) < 4.78 is 2.59. The fourth-order valence-electron chi connectivity index (χ4n) is 1.49. The van der Waals surface area contributed by atoms with Crippen molar-refractivity contribution in [3.63, 3.8) is 0 Å². The van der Waals surface area contributed by atoms with Crippen LogP contribution in [0, 0.1) is 0 Å². The first-order valence-electron chi connectivity index (χ1n) is 4.35. The topological polar surface area (TPSA) is 0 Å². The Hall–Kier alpha value is -0.340. The van der Waals surface area contributed by atoms with Crippen LogP contribution in [0.25, 0.3) is 10.1 Å². The Bertz CT molecular complexity index is 429. The second-order valence-electron chi connectivity index (χ2n) is 3.46. The highest BCUT2D eigenvalue weighted by Crippen LogP contribution is 2.35. The molecular formula is C11H11BrS. The second kappa shape index (κ2) is 3.43. The molecule has 1 heterocycles. The van der Waals surface area contributed by atoms with Gasteiger partial charge in [0.15, 0.2) is 0 Å². The van der Waals surface area contributed by atoms with E-state index in [0.717, 1.165) is 0 Å². The minimum atomic E-state index is 0.604. The minimum absolute atomic E-state index is 0.604. The van der Waals surface area contributed by atoms with E-state index in [-0.39, 0.29) is 0 Å². The summed E-state index contributed by atoms with van der Waals surface area (Å²) in [7, 11) is 0. The van der Waals surface area contributed by atoms with Gasteiger partial charge in [0.2, 0.25) is 0 Å². The third kappa shape index (κ3) is 1.53. The van der Waals surface area contributed by atoms with E-state index in [2.05, 4.69) is 53.4 Å². The van der Waals surface area contributed by atoms with Gasteiger partial charge in [0.1, 0.15) is 0 Å². The van der Waals surface area contributed by atoms with Gasteiger partial charge in [-0.25, -0.2) is 0 Å². The average Bonchev–Trinajstić information content (AvgIpc) is 2.49. The van der Waals surface area contributed by atoms with Gasteiger partial charge in [-0.05, 0) is 29.0 Å². The molecule has 0 saturated carbocycles. The quantitative estimate of drug-likeness (QED) is 0.687. The lowest BCUT2D eigenvalue weighted by Crippen LogP contribution is -1.84. The van der Waals surface area contributed by atoms with Crippen LogP contribution in [0.15, 0.2) is 28.1 Å². The zero-order valence-electron chi connectivity index (χ0n) is 7.67. The summed E-state index contributed by atoms with van der Waals surface area (Å²) in [5.74, 6) is 0.604. The number of thiophene rings is 1. The molecule has 0 atom stereocenters. The van der Waals surface area contributed by atoms with Crippen molar-refractivity contribution in [3.05, 3.63) is 33.6 Å². The van der Waals surface area contributed by atoms with Crippen LogP contribution in [0.1, 0.15) is 25.3 Å². The molecule has 0 saturated heterocycles. The van der Waals surface area contributed by atoms with Gasteiger partial charge in [-0.15, -0.1) is 11.3 Å². The van der Waals surface area contributed by atoms with Crippen LogP contribution in [-0.2, 0) is 0 Å². The van der Waals surface area contributed by atoms with Crippen molar-refractivity contribution in [2.45, 2.75) is 19.8 Å². The number of halogens is 1. The van der Waals surface area contributed by atoms with Crippen molar-refractivity contribution in [1.82, 2.24) is 0 Å². The maximum Gasteiger partial charge on any atom is 0.0357 e. The average molecular weight is 255 g/mol. The zero-order valence-corrected chi connectivity index (χ0v) is 10.1. The molecule has 1 aromatic carbocycles. The van der Waals surface area contributed by atoms with Crippen LogP contribution in [0.5, 0.6) is 0 Å². The standard InChI is InChI=1S/C11H11BrS/c1-7(2)8-6-13-10-5-3-4-9(12)11(8)10/h3-7H,1-2H3. The molecule has 0 fully saturated rings. The molecule has 0 nitrogen and oxygen atoms in total. The number of rotatable bonds is 1.